The van der Waals surface area contributed by atoms with Gasteiger partial charge < -0.3 is 10.1 Å². The van der Waals surface area contributed by atoms with Crippen molar-refractivity contribution in [2.45, 2.75) is 51.5 Å². The first kappa shape index (κ1) is 24.3. The molecular formula is C24H27Cl3FNO2. The van der Waals surface area contributed by atoms with E-state index in [0.29, 0.717) is 34.2 Å². The van der Waals surface area contributed by atoms with Crippen molar-refractivity contribution < 1.29 is 13.9 Å². The second-order valence-electron chi connectivity index (χ2n) is 8.17. The molecule has 2 aromatic rings. The van der Waals surface area contributed by atoms with E-state index >= 15 is 0 Å². The standard InChI is InChI=1S/C24H27Cl3FNO2/c1-3-15(6-7-29-14(2)17-8-18(25)10-19(26)9-17)13-31-23-12-22(28)21(24(27)30)11-20(23)16-4-5-16/h8-12,14-16,29H,3-7,13H2,1-2H3. The molecule has 1 saturated carbocycles. The molecule has 0 amide bonds. The first-order valence-electron chi connectivity index (χ1n) is 10.6. The number of ether oxygens (including phenoxy) is 1. The first-order valence-corrected chi connectivity index (χ1v) is 11.8. The van der Waals surface area contributed by atoms with Crippen molar-refractivity contribution in [3.8, 4) is 5.75 Å². The quantitative estimate of drug-likeness (QED) is 0.333. The van der Waals surface area contributed by atoms with Gasteiger partial charge >= 0.3 is 0 Å². The first-order chi connectivity index (χ1) is 14.8. The summed E-state index contributed by atoms with van der Waals surface area (Å²) in [7, 11) is 0. The predicted octanol–water partition coefficient (Wildman–Crippen LogP) is 7.53. The molecule has 31 heavy (non-hydrogen) atoms. The van der Waals surface area contributed by atoms with Gasteiger partial charge in [-0.25, -0.2) is 4.39 Å². The van der Waals surface area contributed by atoms with Crippen LogP contribution in [0.5, 0.6) is 5.75 Å². The molecule has 3 rings (SSSR count). The van der Waals surface area contributed by atoms with Gasteiger partial charge in [0.2, 0.25) is 0 Å². The lowest BCUT2D eigenvalue weighted by atomic mass is 10.0. The van der Waals surface area contributed by atoms with Crippen molar-refractivity contribution in [3.05, 3.63) is 62.9 Å². The zero-order valence-electron chi connectivity index (χ0n) is 17.7. The number of hydrogen-bond acceptors (Lipinski definition) is 3. The van der Waals surface area contributed by atoms with Crippen LogP contribution in [0.25, 0.3) is 0 Å². The Hall–Kier alpha value is -1.33. The number of halogens is 4. The Morgan fingerprint density at radius 2 is 1.87 bits per heavy atom. The highest BCUT2D eigenvalue weighted by Crippen LogP contribution is 2.45. The minimum atomic E-state index is -0.779. The van der Waals surface area contributed by atoms with Crippen molar-refractivity contribution >= 4 is 40.0 Å². The fourth-order valence-corrected chi connectivity index (χ4v) is 4.31. The van der Waals surface area contributed by atoms with E-state index in [1.165, 1.54) is 6.07 Å². The molecule has 168 valence electrons. The summed E-state index contributed by atoms with van der Waals surface area (Å²) in [5.41, 5.74) is 1.84. The molecule has 1 fully saturated rings. The fraction of sp³-hybridized carbons (Fsp3) is 0.458. The van der Waals surface area contributed by atoms with Crippen LogP contribution in [0.3, 0.4) is 0 Å². The summed E-state index contributed by atoms with van der Waals surface area (Å²) in [5.74, 6) is 0.516. The Labute approximate surface area is 198 Å². The molecule has 0 spiro atoms. The molecule has 0 saturated heterocycles. The average Bonchev–Trinajstić information content (AvgIpc) is 3.54. The smallest absolute Gasteiger partial charge is 0.255 e. The van der Waals surface area contributed by atoms with Crippen LogP contribution in [0.1, 0.15) is 73.0 Å². The Balaban J connectivity index is 1.56. The topological polar surface area (TPSA) is 38.3 Å². The SMILES string of the molecule is CCC(CCNC(C)c1cc(Cl)cc(Cl)c1)COc1cc(F)c(C(=O)Cl)cc1C1CC1. The summed E-state index contributed by atoms with van der Waals surface area (Å²) in [4.78, 5) is 11.5. The number of carbonyl (C=O) groups excluding carboxylic acids is 1. The maximum absolute atomic E-state index is 14.3. The van der Waals surface area contributed by atoms with Crippen molar-refractivity contribution in [3.63, 3.8) is 0 Å². The Kier molecular flexibility index (Phi) is 8.63. The Bertz CT molecular complexity index is 913. The molecule has 3 nitrogen and oxygen atoms in total. The van der Waals surface area contributed by atoms with E-state index in [4.69, 9.17) is 39.5 Å². The zero-order chi connectivity index (χ0) is 22.5. The Morgan fingerprint density at radius 1 is 1.19 bits per heavy atom. The van der Waals surface area contributed by atoms with E-state index in [1.807, 2.05) is 12.1 Å². The van der Waals surface area contributed by atoms with Gasteiger partial charge in [0.1, 0.15) is 11.6 Å². The number of benzene rings is 2. The summed E-state index contributed by atoms with van der Waals surface area (Å²) < 4.78 is 20.3. The minimum Gasteiger partial charge on any atom is -0.493 e. The van der Waals surface area contributed by atoms with E-state index in [0.717, 1.165) is 43.4 Å². The third-order valence-electron chi connectivity index (χ3n) is 5.77. The minimum absolute atomic E-state index is 0.0812. The summed E-state index contributed by atoms with van der Waals surface area (Å²) in [6.45, 7) is 5.48. The molecule has 2 aromatic carbocycles. The predicted molar refractivity (Wildman–Crippen MR) is 125 cm³/mol. The second kappa shape index (κ2) is 11.0. The summed E-state index contributed by atoms with van der Waals surface area (Å²) in [6.07, 6.45) is 3.89. The highest BCUT2D eigenvalue weighted by Gasteiger charge is 2.29. The van der Waals surface area contributed by atoms with Crippen LogP contribution >= 0.6 is 34.8 Å². The third-order valence-corrected chi connectivity index (χ3v) is 6.41. The number of nitrogens with one attached hydrogen (secondary N) is 1. The highest BCUT2D eigenvalue weighted by molar-refractivity contribution is 6.67. The number of hydrogen-bond donors (Lipinski definition) is 1. The molecule has 1 N–H and O–H groups in total. The maximum atomic E-state index is 14.3. The molecule has 0 heterocycles. The van der Waals surface area contributed by atoms with Gasteiger partial charge in [-0.15, -0.1) is 0 Å². The normalized spacial score (nSPS) is 15.5. The molecule has 2 atom stereocenters. The maximum Gasteiger partial charge on any atom is 0.255 e. The monoisotopic (exact) mass is 485 g/mol. The second-order valence-corrected chi connectivity index (χ2v) is 9.39. The van der Waals surface area contributed by atoms with Crippen LogP contribution in [0, 0.1) is 11.7 Å². The van der Waals surface area contributed by atoms with E-state index in [2.05, 4.69) is 19.2 Å². The molecule has 0 radical (unpaired) electrons. The lowest BCUT2D eigenvalue weighted by Crippen LogP contribution is -2.24. The van der Waals surface area contributed by atoms with Crippen molar-refractivity contribution in [2.75, 3.05) is 13.2 Å². The molecule has 0 bridgehead atoms. The van der Waals surface area contributed by atoms with Gasteiger partial charge in [0, 0.05) is 22.2 Å². The van der Waals surface area contributed by atoms with Crippen LogP contribution in [0.4, 0.5) is 4.39 Å². The fourth-order valence-electron chi connectivity index (χ4n) is 3.62. The van der Waals surface area contributed by atoms with E-state index in [9.17, 15) is 9.18 Å². The van der Waals surface area contributed by atoms with Crippen LogP contribution in [-0.4, -0.2) is 18.4 Å². The molecular weight excluding hydrogens is 460 g/mol. The number of rotatable bonds is 11. The average molecular weight is 487 g/mol. The Morgan fingerprint density at radius 3 is 2.45 bits per heavy atom. The molecule has 0 aliphatic heterocycles. The van der Waals surface area contributed by atoms with Crippen LogP contribution in [0.2, 0.25) is 10.0 Å². The largest absolute Gasteiger partial charge is 0.493 e. The van der Waals surface area contributed by atoms with Gasteiger partial charge in [0.15, 0.2) is 0 Å². The molecule has 2 unspecified atom stereocenters. The third kappa shape index (κ3) is 6.82. The molecule has 7 heteroatoms. The lowest BCUT2D eigenvalue weighted by Gasteiger charge is -2.20. The van der Waals surface area contributed by atoms with Gasteiger partial charge in [0.25, 0.3) is 5.24 Å². The van der Waals surface area contributed by atoms with Crippen LogP contribution < -0.4 is 10.1 Å². The van der Waals surface area contributed by atoms with Gasteiger partial charge in [-0.1, -0.05) is 36.5 Å². The van der Waals surface area contributed by atoms with E-state index < -0.39 is 11.1 Å². The molecule has 0 aromatic heterocycles. The van der Waals surface area contributed by atoms with E-state index in [-0.39, 0.29) is 11.6 Å². The lowest BCUT2D eigenvalue weighted by molar-refractivity contribution is 0.107. The van der Waals surface area contributed by atoms with Gasteiger partial charge in [-0.2, -0.15) is 0 Å². The summed E-state index contributed by atoms with van der Waals surface area (Å²) >= 11 is 17.7. The van der Waals surface area contributed by atoms with Gasteiger partial charge in [-0.05, 0) is 91.6 Å². The molecule has 1 aliphatic rings. The van der Waals surface area contributed by atoms with Crippen molar-refractivity contribution in [2.24, 2.45) is 5.92 Å². The highest BCUT2D eigenvalue weighted by atomic mass is 35.5. The van der Waals surface area contributed by atoms with Crippen LogP contribution in [0.15, 0.2) is 30.3 Å². The van der Waals surface area contributed by atoms with Gasteiger partial charge in [0.05, 0.1) is 12.2 Å². The van der Waals surface area contributed by atoms with Crippen molar-refractivity contribution in [1.82, 2.24) is 5.32 Å². The van der Waals surface area contributed by atoms with Crippen molar-refractivity contribution in [1.29, 1.82) is 0 Å². The summed E-state index contributed by atoms with van der Waals surface area (Å²) in [6, 6.07) is 8.52. The zero-order valence-corrected chi connectivity index (χ0v) is 20.0. The van der Waals surface area contributed by atoms with Gasteiger partial charge in [-0.3, -0.25) is 4.79 Å². The number of carbonyl (C=O) groups is 1. The van der Waals surface area contributed by atoms with Crippen LogP contribution in [-0.2, 0) is 0 Å². The van der Waals surface area contributed by atoms with E-state index in [1.54, 1.807) is 12.1 Å². The summed E-state index contributed by atoms with van der Waals surface area (Å²) in [5, 5.41) is 3.96. The molecule has 1 aliphatic carbocycles.